The summed E-state index contributed by atoms with van der Waals surface area (Å²) in [5, 5.41) is 2.62. The Morgan fingerprint density at radius 2 is 2.03 bits per heavy atom. The molecule has 6 nitrogen and oxygen atoms in total. The van der Waals surface area contributed by atoms with Crippen molar-refractivity contribution in [3.05, 3.63) is 58.9 Å². The van der Waals surface area contributed by atoms with Crippen LogP contribution in [-0.4, -0.2) is 49.3 Å². The van der Waals surface area contributed by atoms with Crippen molar-refractivity contribution in [2.45, 2.75) is 17.8 Å². The molecular formula is C21H21FN2O4S. The molecule has 0 radical (unpaired) electrons. The summed E-state index contributed by atoms with van der Waals surface area (Å²) < 4.78 is 24.5. The van der Waals surface area contributed by atoms with Crippen LogP contribution in [0.1, 0.15) is 26.9 Å². The van der Waals surface area contributed by atoms with Gasteiger partial charge in [0.15, 0.2) is 11.5 Å². The second-order valence-corrected chi connectivity index (χ2v) is 7.92. The molecular weight excluding hydrogens is 395 g/mol. The van der Waals surface area contributed by atoms with Crippen molar-refractivity contribution >= 4 is 23.6 Å². The van der Waals surface area contributed by atoms with E-state index < -0.39 is 6.04 Å². The topological polar surface area (TPSA) is 67.9 Å². The summed E-state index contributed by atoms with van der Waals surface area (Å²) in [6, 6.07) is 9.54. The van der Waals surface area contributed by atoms with Gasteiger partial charge in [-0.15, -0.1) is 11.8 Å². The van der Waals surface area contributed by atoms with Crippen LogP contribution in [0.25, 0.3) is 0 Å². The second kappa shape index (κ2) is 7.94. The van der Waals surface area contributed by atoms with E-state index in [-0.39, 0.29) is 23.0 Å². The van der Waals surface area contributed by atoms with Crippen molar-refractivity contribution in [2.75, 3.05) is 26.5 Å². The van der Waals surface area contributed by atoms with E-state index in [1.54, 1.807) is 40.9 Å². The molecule has 0 aromatic heterocycles. The van der Waals surface area contributed by atoms with Crippen molar-refractivity contribution in [3.8, 4) is 11.5 Å². The lowest BCUT2D eigenvalue weighted by Crippen LogP contribution is -2.46. The molecule has 2 aromatic rings. The summed E-state index contributed by atoms with van der Waals surface area (Å²) >= 11 is 1.55. The van der Waals surface area contributed by atoms with Gasteiger partial charge in [0.05, 0.1) is 19.8 Å². The number of ether oxygens (including phenoxy) is 2. The lowest BCUT2D eigenvalue weighted by molar-refractivity contribution is -0.124. The maximum atomic E-state index is 13.7. The molecule has 152 valence electrons. The molecule has 0 unspecified atom stereocenters. The first-order valence-corrected chi connectivity index (χ1v) is 10.3. The number of halogens is 1. The van der Waals surface area contributed by atoms with Gasteiger partial charge in [-0.25, -0.2) is 4.39 Å². The first-order valence-electron chi connectivity index (χ1n) is 9.27. The van der Waals surface area contributed by atoms with Crippen LogP contribution in [-0.2, 0) is 11.2 Å². The third-order valence-electron chi connectivity index (χ3n) is 5.25. The van der Waals surface area contributed by atoms with E-state index in [0.717, 1.165) is 5.56 Å². The fourth-order valence-corrected chi connectivity index (χ4v) is 5.29. The average Bonchev–Trinajstić information content (AvgIpc) is 3.28. The molecule has 1 fully saturated rings. The van der Waals surface area contributed by atoms with Crippen LogP contribution >= 0.6 is 11.8 Å². The highest BCUT2D eigenvalue weighted by atomic mass is 32.2. The molecule has 29 heavy (non-hydrogen) atoms. The first kappa shape index (κ1) is 19.6. The molecule has 1 saturated heterocycles. The smallest absolute Gasteiger partial charge is 0.260 e. The van der Waals surface area contributed by atoms with Crippen LogP contribution in [0.5, 0.6) is 11.5 Å². The van der Waals surface area contributed by atoms with Crippen LogP contribution in [0.15, 0.2) is 36.4 Å². The zero-order valence-corrected chi connectivity index (χ0v) is 16.9. The molecule has 2 atom stereocenters. The molecule has 0 spiro atoms. The Hall–Kier alpha value is -2.74. The van der Waals surface area contributed by atoms with Gasteiger partial charge in [-0.3, -0.25) is 9.59 Å². The Labute approximate surface area is 172 Å². The number of carbonyl (C=O) groups is 2. The zero-order chi connectivity index (χ0) is 20.5. The summed E-state index contributed by atoms with van der Waals surface area (Å²) in [5.41, 5.74) is 1.83. The highest BCUT2D eigenvalue weighted by molar-refractivity contribution is 7.99. The third kappa shape index (κ3) is 3.31. The lowest BCUT2D eigenvalue weighted by Gasteiger charge is -2.22. The number of benzene rings is 2. The van der Waals surface area contributed by atoms with Gasteiger partial charge >= 0.3 is 0 Å². The van der Waals surface area contributed by atoms with Crippen LogP contribution in [0.2, 0.25) is 0 Å². The standard InChI is InChI=1S/C21H21FN2O4S/c1-27-16-8-7-13-17(18(16)28-2)20(26)24-15(11-29-21(13)24)19(25)23-10-9-12-5-3-4-6-14(12)22/h3-8,15,21H,9-11H2,1-2H3,(H,23,25)/t15-,21+/m1/s1. The molecule has 0 aliphatic carbocycles. The van der Waals surface area contributed by atoms with E-state index in [1.807, 2.05) is 6.07 Å². The van der Waals surface area contributed by atoms with Gasteiger partial charge in [-0.1, -0.05) is 24.3 Å². The van der Waals surface area contributed by atoms with Crippen molar-refractivity contribution < 1.29 is 23.5 Å². The summed E-state index contributed by atoms with van der Waals surface area (Å²) in [6.07, 6.45) is 0.390. The molecule has 2 aliphatic heterocycles. The maximum Gasteiger partial charge on any atom is 0.260 e. The molecule has 4 rings (SSSR count). The zero-order valence-electron chi connectivity index (χ0n) is 16.1. The minimum atomic E-state index is -0.582. The van der Waals surface area contributed by atoms with E-state index in [4.69, 9.17) is 9.47 Å². The SMILES string of the molecule is COc1ccc2c(c1OC)C(=O)N1[C@@H](C(=O)NCCc3ccccc3F)CS[C@@H]21. The second-order valence-electron chi connectivity index (χ2n) is 6.81. The quantitative estimate of drug-likeness (QED) is 0.784. The van der Waals surface area contributed by atoms with Crippen molar-refractivity contribution in [3.63, 3.8) is 0 Å². The Kier molecular flexibility index (Phi) is 5.36. The number of nitrogens with zero attached hydrogens (tertiary/aromatic N) is 1. The predicted octanol–water partition coefficient (Wildman–Crippen LogP) is 2.77. The lowest BCUT2D eigenvalue weighted by atomic mass is 10.1. The van der Waals surface area contributed by atoms with Gasteiger partial charge in [0.25, 0.3) is 5.91 Å². The Bertz CT molecular complexity index is 968. The number of amides is 2. The number of nitrogens with one attached hydrogen (secondary N) is 1. The van der Waals surface area contributed by atoms with Crippen LogP contribution in [0.3, 0.4) is 0 Å². The van der Waals surface area contributed by atoms with Crippen molar-refractivity contribution in [1.29, 1.82) is 0 Å². The van der Waals surface area contributed by atoms with Crippen LogP contribution < -0.4 is 14.8 Å². The Morgan fingerprint density at radius 1 is 1.24 bits per heavy atom. The largest absolute Gasteiger partial charge is 0.493 e. The number of methoxy groups -OCH3 is 2. The maximum absolute atomic E-state index is 13.7. The Balaban J connectivity index is 1.48. The number of fused-ring (bicyclic) bond motifs is 3. The van der Waals surface area contributed by atoms with E-state index in [9.17, 15) is 14.0 Å². The summed E-state index contributed by atoms with van der Waals surface area (Å²) in [6.45, 7) is 0.303. The summed E-state index contributed by atoms with van der Waals surface area (Å²) in [4.78, 5) is 27.5. The summed E-state index contributed by atoms with van der Waals surface area (Å²) in [5.74, 6) is 0.628. The van der Waals surface area contributed by atoms with E-state index >= 15 is 0 Å². The molecule has 2 heterocycles. The molecule has 2 aliphatic rings. The first-order chi connectivity index (χ1) is 14.1. The van der Waals surface area contributed by atoms with Crippen LogP contribution in [0.4, 0.5) is 4.39 Å². The molecule has 0 bridgehead atoms. The molecule has 0 saturated carbocycles. The number of thioether (sulfide) groups is 1. The molecule has 2 amide bonds. The fraction of sp³-hybridized carbons (Fsp3) is 0.333. The highest BCUT2D eigenvalue weighted by Crippen LogP contribution is 2.52. The van der Waals surface area contributed by atoms with Gasteiger partial charge < -0.3 is 19.7 Å². The van der Waals surface area contributed by atoms with Crippen molar-refractivity contribution in [1.82, 2.24) is 10.2 Å². The molecule has 8 heteroatoms. The molecule has 1 N–H and O–H groups in total. The van der Waals surface area contributed by atoms with E-state index in [0.29, 0.717) is 41.3 Å². The average molecular weight is 416 g/mol. The number of hydrogen-bond acceptors (Lipinski definition) is 5. The monoisotopic (exact) mass is 416 g/mol. The normalized spacial score (nSPS) is 19.7. The third-order valence-corrected chi connectivity index (χ3v) is 6.55. The number of carbonyl (C=O) groups excluding carboxylic acids is 2. The highest BCUT2D eigenvalue weighted by Gasteiger charge is 2.50. The van der Waals surface area contributed by atoms with Crippen molar-refractivity contribution in [2.24, 2.45) is 0 Å². The minimum Gasteiger partial charge on any atom is -0.493 e. The minimum absolute atomic E-state index is 0.223. The van der Waals surface area contributed by atoms with E-state index in [2.05, 4.69) is 5.32 Å². The predicted molar refractivity (Wildman–Crippen MR) is 108 cm³/mol. The number of hydrogen-bond donors (Lipinski definition) is 1. The van der Waals surface area contributed by atoms with Gasteiger partial charge in [0.1, 0.15) is 17.2 Å². The van der Waals surface area contributed by atoms with Gasteiger partial charge in [0.2, 0.25) is 5.91 Å². The van der Waals surface area contributed by atoms with Crippen LogP contribution in [0, 0.1) is 5.82 Å². The Morgan fingerprint density at radius 3 is 2.76 bits per heavy atom. The van der Waals surface area contributed by atoms with Gasteiger partial charge in [-0.2, -0.15) is 0 Å². The fourth-order valence-electron chi connectivity index (χ4n) is 3.83. The summed E-state index contributed by atoms with van der Waals surface area (Å²) in [7, 11) is 3.01. The number of rotatable bonds is 6. The van der Waals surface area contributed by atoms with Gasteiger partial charge in [0, 0.05) is 17.9 Å². The van der Waals surface area contributed by atoms with Gasteiger partial charge in [-0.05, 0) is 24.1 Å². The molecule has 2 aromatic carbocycles. The van der Waals surface area contributed by atoms with E-state index in [1.165, 1.54) is 20.3 Å².